The molecule has 0 radical (unpaired) electrons. The number of nitrogens with two attached hydrogens (primary N) is 1. The first kappa shape index (κ1) is 11.9. The van der Waals surface area contributed by atoms with Gasteiger partial charge in [0.15, 0.2) is 11.5 Å². The number of ether oxygens (including phenoxy) is 1. The first-order valence-corrected chi connectivity index (χ1v) is 5.21. The average Bonchev–Trinajstić information content (AvgIpc) is 2.73. The number of aryl methyl sites for hydroxylation is 1. The van der Waals surface area contributed by atoms with Gasteiger partial charge >= 0.3 is 0 Å². The van der Waals surface area contributed by atoms with Gasteiger partial charge in [0.05, 0.1) is 12.8 Å². The number of carbonyl (C=O) groups is 1. The van der Waals surface area contributed by atoms with Crippen LogP contribution in [0, 0.1) is 0 Å². The molecule has 0 spiro atoms. The van der Waals surface area contributed by atoms with Crippen molar-refractivity contribution in [3.05, 3.63) is 30.1 Å². The average molecular weight is 247 g/mol. The van der Waals surface area contributed by atoms with Gasteiger partial charge in [0.25, 0.3) is 5.91 Å². The summed E-state index contributed by atoms with van der Waals surface area (Å²) < 4.78 is 6.50. The summed E-state index contributed by atoms with van der Waals surface area (Å²) in [6, 6.07) is 4.88. The Hall–Kier alpha value is -2.57. The molecule has 2 rings (SSSR count). The SMILES string of the molecule is COc1cc(C(=O)Nc2ncccc2N)nn1C. The van der Waals surface area contributed by atoms with Crippen LogP contribution in [0.3, 0.4) is 0 Å². The van der Waals surface area contributed by atoms with Crippen LogP contribution in [0.1, 0.15) is 10.5 Å². The van der Waals surface area contributed by atoms with Gasteiger partial charge in [-0.15, -0.1) is 0 Å². The van der Waals surface area contributed by atoms with E-state index in [9.17, 15) is 4.79 Å². The molecule has 94 valence electrons. The summed E-state index contributed by atoms with van der Waals surface area (Å²) in [6.07, 6.45) is 1.55. The summed E-state index contributed by atoms with van der Waals surface area (Å²) in [6.45, 7) is 0. The van der Waals surface area contributed by atoms with E-state index in [1.165, 1.54) is 17.9 Å². The second kappa shape index (κ2) is 4.74. The Morgan fingerprint density at radius 2 is 2.33 bits per heavy atom. The Bertz CT molecular complexity index is 579. The standard InChI is InChI=1S/C11H13N5O2/c1-16-9(18-2)6-8(15-16)11(17)14-10-7(12)4-3-5-13-10/h3-6H,12H2,1-2H3,(H,13,14,17). The summed E-state index contributed by atoms with van der Waals surface area (Å²) in [5.41, 5.74) is 6.31. The van der Waals surface area contributed by atoms with Gasteiger partial charge in [0.1, 0.15) is 0 Å². The van der Waals surface area contributed by atoms with Crippen molar-refractivity contribution >= 4 is 17.4 Å². The minimum Gasteiger partial charge on any atom is -0.481 e. The maximum atomic E-state index is 11.9. The normalized spacial score (nSPS) is 10.1. The lowest BCUT2D eigenvalue weighted by Crippen LogP contribution is -2.15. The minimum absolute atomic E-state index is 0.236. The maximum Gasteiger partial charge on any atom is 0.277 e. The number of rotatable bonds is 3. The molecular weight excluding hydrogens is 234 g/mol. The number of carbonyl (C=O) groups excluding carboxylic acids is 1. The molecule has 0 aromatic carbocycles. The zero-order valence-corrected chi connectivity index (χ0v) is 10.0. The second-order valence-electron chi connectivity index (χ2n) is 3.59. The molecule has 3 N–H and O–H groups in total. The van der Waals surface area contributed by atoms with Crippen LogP contribution in [0.2, 0.25) is 0 Å². The molecule has 2 aromatic rings. The highest BCUT2D eigenvalue weighted by atomic mass is 16.5. The molecule has 0 aliphatic heterocycles. The van der Waals surface area contributed by atoms with Gasteiger partial charge in [-0.3, -0.25) is 4.79 Å². The summed E-state index contributed by atoms with van der Waals surface area (Å²) in [4.78, 5) is 15.9. The zero-order chi connectivity index (χ0) is 13.1. The molecule has 0 aliphatic rings. The molecule has 2 heterocycles. The third kappa shape index (κ3) is 2.24. The van der Waals surface area contributed by atoms with Crippen LogP contribution in [0.5, 0.6) is 5.88 Å². The number of nitrogen functional groups attached to an aromatic ring is 1. The van der Waals surface area contributed by atoms with Crippen LogP contribution in [-0.4, -0.2) is 27.8 Å². The van der Waals surface area contributed by atoms with E-state index >= 15 is 0 Å². The topological polar surface area (TPSA) is 95.1 Å². The van der Waals surface area contributed by atoms with E-state index in [0.717, 1.165) is 0 Å². The van der Waals surface area contributed by atoms with Crippen molar-refractivity contribution in [3.8, 4) is 5.88 Å². The van der Waals surface area contributed by atoms with Crippen molar-refractivity contribution in [1.29, 1.82) is 0 Å². The number of nitrogens with one attached hydrogen (secondary N) is 1. The largest absolute Gasteiger partial charge is 0.481 e. The molecule has 1 amide bonds. The summed E-state index contributed by atoms with van der Waals surface area (Å²) in [5, 5.41) is 6.60. The molecule has 0 aliphatic carbocycles. The minimum atomic E-state index is -0.390. The molecule has 0 saturated heterocycles. The molecule has 0 bridgehead atoms. The van der Waals surface area contributed by atoms with E-state index in [0.29, 0.717) is 17.4 Å². The lowest BCUT2D eigenvalue weighted by Gasteiger charge is -2.04. The third-order valence-corrected chi connectivity index (χ3v) is 2.35. The van der Waals surface area contributed by atoms with Crippen molar-refractivity contribution in [2.45, 2.75) is 0 Å². The third-order valence-electron chi connectivity index (χ3n) is 2.35. The molecule has 0 atom stereocenters. The van der Waals surface area contributed by atoms with E-state index in [-0.39, 0.29) is 11.6 Å². The Morgan fingerprint density at radius 1 is 1.56 bits per heavy atom. The van der Waals surface area contributed by atoms with Crippen molar-refractivity contribution < 1.29 is 9.53 Å². The van der Waals surface area contributed by atoms with Crippen LogP contribution < -0.4 is 15.8 Å². The van der Waals surface area contributed by atoms with Gasteiger partial charge < -0.3 is 15.8 Å². The lowest BCUT2D eigenvalue weighted by atomic mass is 10.3. The highest BCUT2D eigenvalue weighted by Crippen LogP contribution is 2.16. The van der Waals surface area contributed by atoms with E-state index in [4.69, 9.17) is 10.5 Å². The predicted molar refractivity (Wildman–Crippen MR) is 66.4 cm³/mol. The first-order valence-electron chi connectivity index (χ1n) is 5.21. The Morgan fingerprint density at radius 3 is 2.94 bits per heavy atom. The molecule has 0 saturated carbocycles. The summed E-state index contributed by atoms with van der Waals surface area (Å²) in [7, 11) is 3.19. The summed E-state index contributed by atoms with van der Waals surface area (Å²) in [5.74, 6) is 0.417. The molecule has 7 heteroatoms. The van der Waals surface area contributed by atoms with Crippen LogP contribution in [0.4, 0.5) is 11.5 Å². The number of amides is 1. The van der Waals surface area contributed by atoms with Crippen LogP contribution in [0.25, 0.3) is 0 Å². The Kier molecular flexibility index (Phi) is 3.13. The van der Waals surface area contributed by atoms with Gasteiger partial charge in [-0.2, -0.15) is 5.10 Å². The fourth-order valence-electron chi connectivity index (χ4n) is 1.45. The Labute approximate surface area is 104 Å². The van der Waals surface area contributed by atoms with Crippen LogP contribution in [-0.2, 0) is 7.05 Å². The molecule has 0 unspecified atom stereocenters. The monoisotopic (exact) mass is 247 g/mol. The predicted octanol–water partition coefficient (Wildman–Crippen LogP) is 0.658. The van der Waals surface area contributed by atoms with E-state index in [2.05, 4.69) is 15.4 Å². The highest BCUT2D eigenvalue weighted by Gasteiger charge is 2.14. The van der Waals surface area contributed by atoms with E-state index < -0.39 is 0 Å². The molecule has 0 fully saturated rings. The van der Waals surface area contributed by atoms with Crippen molar-refractivity contribution in [1.82, 2.24) is 14.8 Å². The fraction of sp³-hybridized carbons (Fsp3) is 0.182. The number of methoxy groups -OCH3 is 1. The lowest BCUT2D eigenvalue weighted by molar-refractivity contribution is 0.102. The van der Waals surface area contributed by atoms with Crippen molar-refractivity contribution in [3.63, 3.8) is 0 Å². The smallest absolute Gasteiger partial charge is 0.277 e. The number of aromatic nitrogens is 3. The molecule has 2 aromatic heterocycles. The number of nitrogens with zero attached hydrogens (tertiary/aromatic N) is 3. The second-order valence-corrected chi connectivity index (χ2v) is 3.59. The molecule has 7 nitrogen and oxygen atoms in total. The maximum absolute atomic E-state index is 11.9. The van der Waals surface area contributed by atoms with Gasteiger partial charge in [0, 0.05) is 19.3 Å². The van der Waals surface area contributed by atoms with Crippen LogP contribution >= 0.6 is 0 Å². The quantitative estimate of drug-likeness (QED) is 0.830. The number of anilines is 2. The first-order chi connectivity index (χ1) is 8.61. The van der Waals surface area contributed by atoms with Gasteiger partial charge in [-0.1, -0.05) is 0 Å². The highest BCUT2D eigenvalue weighted by molar-refractivity contribution is 6.03. The van der Waals surface area contributed by atoms with Gasteiger partial charge in [-0.05, 0) is 12.1 Å². The van der Waals surface area contributed by atoms with Gasteiger partial charge in [0.2, 0.25) is 5.88 Å². The van der Waals surface area contributed by atoms with Gasteiger partial charge in [-0.25, -0.2) is 9.67 Å². The fourth-order valence-corrected chi connectivity index (χ4v) is 1.45. The van der Waals surface area contributed by atoms with E-state index in [1.807, 2.05) is 0 Å². The summed E-state index contributed by atoms with van der Waals surface area (Å²) >= 11 is 0. The number of hydrogen-bond acceptors (Lipinski definition) is 5. The molecular formula is C11H13N5O2. The van der Waals surface area contributed by atoms with E-state index in [1.54, 1.807) is 25.4 Å². The van der Waals surface area contributed by atoms with Crippen molar-refractivity contribution in [2.24, 2.45) is 7.05 Å². The Balaban J connectivity index is 2.19. The molecule has 18 heavy (non-hydrogen) atoms. The van der Waals surface area contributed by atoms with Crippen LogP contribution in [0.15, 0.2) is 24.4 Å². The zero-order valence-electron chi connectivity index (χ0n) is 10.0. The number of hydrogen-bond donors (Lipinski definition) is 2. The number of pyridine rings is 1. The van der Waals surface area contributed by atoms with Crippen molar-refractivity contribution in [2.75, 3.05) is 18.2 Å².